The molecule has 5 heteroatoms. The van der Waals surface area contributed by atoms with Gasteiger partial charge in [0, 0.05) is 25.2 Å². The van der Waals surface area contributed by atoms with Crippen molar-refractivity contribution < 1.29 is 9.59 Å². The van der Waals surface area contributed by atoms with E-state index in [4.69, 9.17) is 0 Å². The van der Waals surface area contributed by atoms with Gasteiger partial charge in [-0.1, -0.05) is 0 Å². The highest BCUT2D eigenvalue weighted by molar-refractivity contribution is 5.99. The van der Waals surface area contributed by atoms with Gasteiger partial charge in [0.05, 0.1) is 0 Å². The highest BCUT2D eigenvalue weighted by atomic mass is 16.2. The number of likely N-dealkylation sites (tertiary alicyclic amines) is 1. The number of nitrogens with one attached hydrogen (secondary N) is 1. The zero-order valence-electron chi connectivity index (χ0n) is 12.0. The Balaban J connectivity index is 1.77. The average Bonchev–Trinajstić information content (AvgIpc) is 3.07. The summed E-state index contributed by atoms with van der Waals surface area (Å²) in [7, 11) is 0. The lowest BCUT2D eigenvalue weighted by Gasteiger charge is -2.44. The molecule has 0 bridgehead atoms. The molecule has 0 aromatic rings. The minimum absolute atomic E-state index is 0.0329. The first-order chi connectivity index (χ1) is 8.90. The molecule has 3 rings (SSSR count). The van der Waals surface area contributed by atoms with Crippen LogP contribution in [-0.2, 0) is 9.59 Å². The lowest BCUT2D eigenvalue weighted by atomic mass is 9.95. The van der Waals surface area contributed by atoms with Crippen LogP contribution >= 0.6 is 0 Å². The molecule has 2 amide bonds. The summed E-state index contributed by atoms with van der Waals surface area (Å²) >= 11 is 0. The number of hydrogen-bond donors (Lipinski definition) is 1. The number of rotatable bonds is 2. The van der Waals surface area contributed by atoms with E-state index < -0.39 is 5.54 Å². The Hall–Kier alpha value is -1.10. The van der Waals surface area contributed by atoms with Gasteiger partial charge >= 0.3 is 0 Å². The van der Waals surface area contributed by atoms with Gasteiger partial charge in [0.15, 0.2) is 0 Å². The Morgan fingerprint density at radius 1 is 1.16 bits per heavy atom. The average molecular weight is 265 g/mol. The first kappa shape index (κ1) is 12.9. The first-order valence-electron chi connectivity index (χ1n) is 7.29. The summed E-state index contributed by atoms with van der Waals surface area (Å²) < 4.78 is 0. The monoisotopic (exact) mass is 265 g/mol. The van der Waals surface area contributed by atoms with Crippen molar-refractivity contribution in [2.24, 2.45) is 0 Å². The molecule has 0 radical (unpaired) electrons. The second kappa shape index (κ2) is 4.20. The topological polar surface area (TPSA) is 52.7 Å². The predicted octanol–water partition coefficient (Wildman–Crippen LogP) is 0.349. The van der Waals surface area contributed by atoms with Gasteiger partial charge in [0.25, 0.3) is 0 Å². The third-order valence-corrected chi connectivity index (χ3v) is 4.65. The fourth-order valence-electron chi connectivity index (χ4n) is 3.34. The molecule has 5 nitrogen and oxygen atoms in total. The van der Waals surface area contributed by atoms with Crippen molar-refractivity contribution in [2.75, 3.05) is 13.1 Å². The maximum atomic E-state index is 12.6. The fraction of sp³-hybridized carbons (Fsp3) is 0.857. The van der Waals surface area contributed by atoms with E-state index in [-0.39, 0.29) is 23.9 Å². The van der Waals surface area contributed by atoms with Crippen molar-refractivity contribution in [1.29, 1.82) is 0 Å². The molecular formula is C14H23N3O2. The fourth-order valence-corrected chi connectivity index (χ4v) is 3.34. The highest BCUT2D eigenvalue weighted by Gasteiger charge is 2.48. The van der Waals surface area contributed by atoms with Gasteiger partial charge in [-0.25, -0.2) is 0 Å². The highest BCUT2D eigenvalue weighted by Crippen LogP contribution is 2.33. The molecular weight excluding hydrogens is 242 g/mol. The SMILES string of the molecule is CC1C(=O)NC(C)(C)C(=O)N1C1CCN(C2CC2)C1. The third kappa shape index (κ3) is 2.14. The first-order valence-corrected chi connectivity index (χ1v) is 7.29. The van der Waals surface area contributed by atoms with Crippen LogP contribution in [0.1, 0.15) is 40.0 Å². The van der Waals surface area contributed by atoms with Crippen molar-refractivity contribution in [3.63, 3.8) is 0 Å². The van der Waals surface area contributed by atoms with E-state index >= 15 is 0 Å². The Labute approximate surface area is 114 Å². The number of hydrogen-bond acceptors (Lipinski definition) is 3. The van der Waals surface area contributed by atoms with Crippen molar-refractivity contribution >= 4 is 11.8 Å². The van der Waals surface area contributed by atoms with Crippen LogP contribution < -0.4 is 5.32 Å². The van der Waals surface area contributed by atoms with Crippen LogP contribution in [0, 0.1) is 0 Å². The molecule has 1 N–H and O–H groups in total. The minimum Gasteiger partial charge on any atom is -0.340 e. The molecule has 2 aliphatic heterocycles. The second-order valence-corrected chi connectivity index (χ2v) is 6.67. The van der Waals surface area contributed by atoms with Crippen LogP contribution in [0.5, 0.6) is 0 Å². The van der Waals surface area contributed by atoms with Gasteiger partial charge in [-0.3, -0.25) is 14.5 Å². The molecule has 0 spiro atoms. The van der Waals surface area contributed by atoms with Crippen molar-refractivity contribution in [2.45, 2.75) is 63.7 Å². The normalized spacial score (nSPS) is 35.6. The summed E-state index contributed by atoms with van der Waals surface area (Å²) in [5, 5.41) is 2.81. The van der Waals surface area contributed by atoms with Gasteiger partial charge in [-0.2, -0.15) is 0 Å². The quantitative estimate of drug-likeness (QED) is 0.784. The molecule has 2 saturated heterocycles. The maximum Gasteiger partial charge on any atom is 0.248 e. The molecule has 3 fully saturated rings. The standard InChI is InChI=1S/C14H23N3O2/c1-9-12(18)15-14(2,3)13(19)17(9)11-6-7-16(8-11)10-4-5-10/h9-11H,4-8H2,1-3H3,(H,15,18). The van der Waals surface area contributed by atoms with Crippen LogP contribution in [0.2, 0.25) is 0 Å². The number of amides is 2. The van der Waals surface area contributed by atoms with Crippen LogP contribution in [0.15, 0.2) is 0 Å². The Morgan fingerprint density at radius 3 is 2.47 bits per heavy atom. The van der Waals surface area contributed by atoms with Gasteiger partial charge in [-0.15, -0.1) is 0 Å². The van der Waals surface area contributed by atoms with E-state index in [2.05, 4.69) is 10.2 Å². The molecule has 0 aromatic heterocycles. The van der Waals surface area contributed by atoms with E-state index in [0.29, 0.717) is 0 Å². The smallest absolute Gasteiger partial charge is 0.248 e. The summed E-state index contributed by atoms with van der Waals surface area (Å²) in [6, 6.07) is 0.597. The number of carbonyl (C=O) groups excluding carboxylic acids is 2. The summed E-state index contributed by atoms with van der Waals surface area (Å²) in [5.74, 6) is 0.0247. The minimum atomic E-state index is -0.767. The summed E-state index contributed by atoms with van der Waals surface area (Å²) in [4.78, 5) is 28.9. The third-order valence-electron chi connectivity index (χ3n) is 4.65. The van der Waals surface area contributed by atoms with Crippen molar-refractivity contribution in [3.05, 3.63) is 0 Å². The molecule has 106 valence electrons. The summed E-state index contributed by atoms with van der Waals surface area (Å²) in [5.41, 5.74) is -0.767. The predicted molar refractivity (Wildman–Crippen MR) is 71.5 cm³/mol. The van der Waals surface area contributed by atoms with E-state index in [1.54, 1.807) is 13.8 Å². The van der Waals surface area contributed by atoms with E-state index in [1.165, 1.54) is 12.8 Å². The van der Waals surface area contributed by atoms with Gasteiger partial charge in [0.2, 0.25) is 11.8 Å². The molecule has 2 heterocycles. The molecule has 3 aliphatic rings. The van der Waals surface area contributed by atoms with Gasteiger partial charge in [0.1, 0.15) is 11.6 Å². The molecule has 1 aliphatic carbocycles. The number of carbonyl (C=O) groups is 2. The molecule has 0 aromatic carbocycles. The molecule has 19 heavy (non-hydrogen) atoms. The van der Waals surface area contributed by atoms with Crippen LogP contribution in [0.3, 0.4) is 0 Å². The van der Waals surface area contributed by atoms with Crippen LogP contribution in [0.4, 0.5) is 0 Å². The zero-order chi connectivity index (χ0) is 13.8. The Morgan fingerprint density at radius 2 is 1.84 bits per heavy atom. The Bertz CT molecular complexity index is 417. The number of nitrogens with zero attached hydrogens (tertiary/aromatic N) is 2. The maximum absolute atomic E-state index is 12.6. The van der Waals surface area contributed by atoms with E-state index in [9.17, 15) is 9.59 Å². The van der Waals surface area contributed by atoms with Crippen LogP contribution in [-0.4, -0.2) is 58.4 Å². The van der Waals surface area contributed by atoms with Gasteiger partial charge < -0.3 is 10.2 Å². The summed E-state index contributed by atoms with van der Waals surface area (Å²) in [6.07, 6.45) is 3.58. The lowest BCUT2D eigenvalue weighted by Crippen LogP contribution is -2.69. The van der Waals surface area contributed by atoms with E-state index in [1.807, 2.05) is 11.8 Å². The van der Waals surface area contributed by atoms with Crippen molar-refractivity contribution in [1.82, 2.24) is 15.1 Å². The Kier molecular flexibility index (Phi) is 2.85. The number of piperazine rings is 1. The van der Waals surface area contributed by atoms with Gasteiger partial charge in [-0.05, 0) is 40.0 Å². The largest absolute Gasteiger partial charge is 0.340 e. The van der Waals surface area contributed by atoms with Crippen molar-refractivity contribution in [3.8, 4) is 0 Å². The molecule has 1 saturated carbocycles. The lowest BCUT2D eigenvalue weighted by molar-refractivity contribution is -0.155. The molecule has 2 atom stereocenters. The summed E-state index contributed by atoms with van der Waals surface area (Å²) in [6.45, 7) is 7.42. The zero-order valence-corrected chi connectivity index (χ0v) is 12.0. The van der Waals surface area contributed by atoms with Crippen LogP contribution in [0.25, 0.3) is 0 Å². The van der Waals surface area contributed by atoms with E-state index in [0.717, 1.165) is 25.6 Å². The second-order valence-electron chi connectivity index (χ2n) is 6.67. The molecule has 2 unspecified atom stereocenters.